The average molecular weight is 401 g/mol. The third kappa shape index (κ3) is 4.85. The molecule has 1 N–H and O–H groups in total. The van der Waals surface area contributed by atoms with Gasteiger partial charge in [0.2, 0.25) is 0 Å². The molecular weight excluding hydrogens is 380 g/mol. The number of esters is 1. The molecule has 140 valence electrons. The van der Waals surface area contributed by atoms with Gasteiger partial charge in [-0.3, -0.25) is 4.79 Å². The Labute approximate surface area is 166 Å². The number of nitrogens with zero attached hydrogens (tertiary/aromatic N) is 1. The molecule has 0 aliphatic heterocycles. The Bertz CT molecular complexity index is 891. The van der Waals surface area contributed by atoms with Crippen molar-refractivity contribution in [3.8, 4) is 6.07 Å². The van der Waals surface area contributed by atoms with E-state index in [0.29, 0.717) is 10.6 Å². The molecular formula is C20H20N2O3S2. The summed E-state index contributed by atoms with van der Waals surface area (Å²) in [7, 11) is 0. The van der Waals surface area contributed by atoms with Crippen LogP contribution in [0.4, 0.5) is 5.00 Å². The third-order valence-corrected chi connectivity index (χ3v) is 6.30. The van der Waals surface area contributed by atoms with Crippen LogP contribution < -0.4 is 5.32 Å². The Balaban J connectivity index is 1.63. The molecule has 27 heavy (non-hydrogen) atoms. The fourth-order valence-electron chi connectivity index (χ4n) is 2.96. The maximum Gasteiger partial charge on any atom is 0.331 e. The van der Waals surface area contributed by atoms with Crippen molar-refractivity contribution in [2.45, 2.75) is 45.1 Å². The van der Waals surface area contributed by atoms with Gasteiger partial charge >= 0.3 is 5.97 Å². The van der Waals surface area contributed by atoms with Gasteiger partial charge in [0.15, 0.2) is 6.10 Å². The number of amides is 1. The SMILES string of the molecule is C[C@H](OC(=O)/C=C/c1ccsc1)C(=O)Nc1sc2c(c1C#N)CCCCC2. The van der Waals surface area contributed by atoms with Crippen molar-refractivity contribution >= 4 is 45.6 Å². The van der Waals surface area contributed by atoms with Crippen LogP contribution in [-0.4, -0.2) is 18.0 Å². The van der Waals surface area contributed by atoms with Crippen molar-refractivity contribution < 1.29 is 14.3 Å². The number of rotatable bonds is 5. The zero-order valence-electron chi connectivity index (χ0n) is 15.0. The van der Waals surface area contributed by atoms with E-state index in [1.54, 1.807) is 6.08 Å². The molecule has 5 nitrogen and oxygen atoms in total. The maximum absolute atomic E-state index is 12.4. The summed E-state index contributed by atoms with van der Waals surface area (Å²) in [5, 5.41) is 16.7. The fraction of sp³-hybridized carbons (Fsp3) is 0.350. The molecule has 3 rings (SSSR count). The van der Waals surface area contributed by atoms with Crippen molar-refractivity contribution in [1.82, 2.24) is 0 Å². The van der Waals surface area contributed by atoms with Crippen molar-refractivity contribution in [2.75, 3.05) is 5.32 Å². The largest absolute Gasteiger partial charge is 0.449 e. The van der Waals surface area contributed by atoms with Crippen LogP contribution >= 0.6 is 22.7 Å². The molecule has 1 amide bonds. The highest BCUT2D eigenvalue weighted by Crippen LogP contribution is 2.37. The minimum atomic E-state index is -0.946. The van der Waals surface area contributed by atoms with Crippen molar-refractivity contribution in [1.29, 1.82) is 5.26 Å². The summed E-state index contributed by atoms with van der Waals surface area (Å²) in [6.07, 6.45) is 7.17. The van der Waals surface area contributed by atoms with E-state index in [1.807, 2.05) is 16.8 Å². The molecule has 0 bridgehead atoms. The van der Waals surface area contributed by atoms with Gasteiger partial charge in [0, 0.05) is 11.0 Å². The molecule has 0 aromatic carbocycles. The zero-order valence-corrected chi connectivity index (χ0v) is 16.6. The lowest BCUT2D eigenvalue weighted by molar-refractivity contribution is -0.148. The van der Waals surface area contributed by atoms with Gasteiger partial charge in [-0.2, -0.15) is 16.6 Å². The first kappa shape index (κ1) is 19.3. The van der Waals surface area contributed by atoms with E-state index in [1.165, 1.54) is 47.0 Å². The highest BCUT2D eigenvalue weighted by atomic mass is 32.1. The van der Waals surface area contributed by atoms with Crippen LogP contribution in [0.1, 0.15) is 47.8 Å². The first-order chi connectivity index (χ1) is 13.1. The Hall–Kier alpha value is -2.43. The molecule has 1 atom stereocenters. The molecule has 1 aliphatic rings. The number of carbonyl (C=O) groups excluding carboxylic acids is 2. The third-order valence-electron chi connectivity index (χ3n) is 4.39. The quantitative estimate of drug-likeness (QED) is 0.454. The van der Waals surface area contributed by atoms with Gasteiger partial charge < -0.3 is 10.1 Å². The molecule has 0 saturated heterocycles. The van der Waals surface area contributed by atoms with E-state index in [4.69, 9.17) is 4.74 Å². The predicted octanol–water partition coefficient (Wildman–Crippen LogP) is 4.53. The van der Waals surface area contributed by atoms with Gasteiger partial charge in [-0.15, -0.1) is 11.3 Å². The number of hydrogen-bond donors (Lipinski definition) is 1. The van der Waals surface area contributed by atoms with Crippen LogP contribution in [-0.2, 0) is 27.2 Å². The van der Waals surface area contributed by atoms with Gasteiger partial charge in [0.1, 0.15) is 11.1 Å². The van der Waals surface area contributed by atoms with Gasteiger partial charge in [0.25, 0.3) is 5.91 Å². The fourth-order valence-corrected chi connectivity index (χ4v) is 4.83. The second kappa shape index (κ2) is 8.98. The number of fused-ring (bicyclic) bond motifs is 1. The maximum atomic E-state index is 12.4. The van der Waals surface area contributed by atoms with Crippen LogP contribution in [0.5, 0.6) is 0 Å². The average Bonchev–Trinajstić information content (AvgIpc) is 3.22. The van der Waals surface area contributed by atoms with E-state index in [0.717, 1.165) is 36.8 Å². The molecule has 1 aliphatic carbocycles. The second-order valence-electron chi connectivity index (χ2n) is 6.34. The number of ether oxygens (including phenoxy) is 1. The van der Waals surface area contributed by atoms with Crippen molar-refractivity contribution in [3.63, 3.8) is 0 Å². The van der Waals surface area contributed by atoms with Gasteiger partial charge in [-0.1, -0.05) is 6.42 Å². The number of nitrogens with one attached hydrogen (secondary N) is 1. The molecule has 0 radical (unpaired) electrons. The summed E-state index contributed by atoms with van der Waals surface area (Å²) >= 11 is 3.00. The van der Waals surface area contributed by atoms with Crippen LogP contribution in [0.15, 0.2) is 22.9 Å². The van der Waals surface area contributed by atoms with Crippen molar-refractivity contribution in [3.05, 3.63) is 44.5 Å². The van der Waals surface area contributed by atoms with Crippen LogP contribution in [0.2, 0.25) is 0 Å². The summed E-state index contributed by atoms with van der Waals surface area (Å²) in [5.41, 5.74) is 2.53. The molecule has 2 heterocycles. The summed E-state index contributed by atoms with van der Waals surface area (Å²) in [5.74, 6) is -1.01. The summed E-state index contributed by atoms with van der Waals surface area (Å²) in [6.45, 7) is 1.52. The number of nitriles is 1. The Morgan fingerprint density at radius 3 is 2.89 bits per heavy atom. The number of carbonyl (C=O) groups is 2. The van der Waals surface area contributed by atoms with Crippen LogP contribution in [0, 0.1) is 11.3 Å². The lowest BCUT2D eigenvalue weighted by atomic mass is 10.1. The summed E-state index contributed by atoms with van der Waals surface area (Å²) in [4.78, 5) is 25.5. The highest BCUT2D eigenvalue weighted by Gasteiger charge is 2.23. The Morgan fingerprint density at radius 1 is 1.33 bits per heavy atom. The van der Waals surface area contributed by atoms with E-state index >= 15 is 0 Å². The van der Waals surface area contributed by atoms with Gasteiger partial charge in [-0.05, 0) is 66.6 Å². The molecule has 0 unspecified atom stereocenters. The Morgan fingerprint density at radius 2 is 2.15 bits per heavy atom. The second-order valence-corrected chi connectivity index (χ2v) is 8.22. The minimum absolute atomic E-state index is 0.430. The van der Waals surface area contributed by atoms with E-state index in [-0.39, 0.29) is 0 Å². The van der Waals surface area contributed by atoms with Gasteiger partial charge in [0.05, 0.1) is 5.56 Å². The van der Waals surface area contributed by atoms with E-state index < -0.39 is 18.0 Å². The van der Waals surface area contributed by atoms with Crippen molar-refractivity contribution in [2.24, 2.45) is 0 Å². The first-order valence-electron chi connectivity index (χ1n) is 8.85. The van der Waals surface area contributed by atoms with Crippen LogP contribution in [0.3, 0.4) is 0 Å². The monoisotopic (exact) mass is 400 g/mol. The molecule has 2 aromatic rings. The summed E-state index contributed by atoms with van der Waals surface area (Å²) in [6, 6.07) is 4.11. The smallest absolute Gasteiger partial charge is 0.331 e. The standard InChI is InChI=1S/C20H20N2O3S2/c1-13(25-18(23)8-7-14-9-10-26-12-14)19(24)22-20-16(11-21)15-5-3-2-4-6-17(15)27-20/h7-10,12-13H,2-6H2,1H3,(H,22,24)/b8-7+/t13-/m0/s1. The Kier molecular flexibility index (Phi) is 6.43. The zero-order chi connectivity index (χ0) is 19.2. The summed E-state index contributed by atoms with van der Waals surface area (Å²) < 4.78 is 5.17. The molecule has 0 saturated carbocycles. The predicted molar refractivity (Wildman–Crippen MR) is 108 cm³/mol. The van der Waals surface area contributed by atoms with Crippen LogP contribution in [0.25, 0.3) is 6.08 Å². The molecule has 2 aromatic heterocycles. The lowest BCUT2D eigenvalue weighted by Crippen LogP contribution is -2.29. The van der Waals surface area contributed by atoms with E-state index in [2.05, 4.69) is 11.4 Å². The molecule has 0 spiro atoms. The van der Waals surface area contributed by atoms with Gasteiger partial charge in [-0.25, -0.2) is 4.79 Å². The number of anilines is 1. The minimum Gasteiger partial charge on any atom is -0.449 e. The number of thiophene rings is 2. The number of aryl methyl sites for hydroxylation is 1. The molecule has 7 heteroatoms. The van der Waals surface area contributed by atoms with E-state index in [9.17, 15) is 14.9 Å². The lowest BCUT2D eigenvalue weighted by Gasteiger charge is -2.11. The highest BCUT2D eigenvalue weighted by molar-refractivity contribution is 7.16. The topological polar surface area (TPSA) is 79.2 Å². The number of hydrogen-bond acceptors (Lipinski definition) is 6. The molecule has 0 fully saturated rings. The normalized spacial score (nSPS) is 14.8. The first-order valence-corrected chi connectivity index (χ1v) is 10.6.